The molecule has 1 saturated carbocycles. The minimum Gasteiger partial charge on any atom is -0.459 e. The van der Waals surface area contributed by atoms with Crippen molar-refractivity contribution in [2.75, 3.05) is 13.6 Å². The molecule has 0 saturated heterocycles. The second kappa shape index (κ2) is 8.57. The summed E-state index contributed by atoms with van der Waals surface area (Å²) < 4.78 is 5.90. The molecule has 0 radical (unpaired) electrons. The van der Waals surface area contributed by atoms with E-state index in [1.165, 1.54) is 25.7 Å². The van der Waals surface area contributed by atoms with Crippen LogP contribution in [-0.2, 0) is 0 Å². The Bertz CT molecular complexity index is 616. The fourth-order valence-electron chi connectivity index (χ4n) is 2.69. The largest absolute Gasteiger partial charge is 0.459 e. The van der Waals surface area contributed by atoms with Crippen LogP contribution in [0.15, 0.2) is 39.7 Å². The SMILES string of the molecule is CN=C(NCCCC1CC1)NC(C)c1cc2ccccc2o1.I. The third kappa shape index (κ3) is 5.12. The van der Waals surface area contributed by atoms with E-state index in [1.54, 1.807) is 0 Å². The van der Waals surface area contributed by atoms with Crippen molar-refractivity contribution in [2.45, 2.75) is 38.6 Å². The van der Waals surface area contributed by atoms with Crippen molar-refractivity contribution in [3.63, 3.8) is 0 Å². The first kappa shape index (κ1) is 18.1. The van der Waals surface area contributed by atoms with Crippen LogP contribution >= 0.6 is 24.0 Å². The number of para-hydroxylation sites is 1. The number of hydrogen-bond donors (Lipinski definition) is 2. The number of nitrogens with one attached hydrogen (secondary N) is 2. The molecule has 1 unspecified atom stereocenters. The smallest absolute Gasteiger partial charge is 0.191 e. The van der Waals surface area contributed by atoms with Crippen LogP contribution < -0.4 is 10.6 Å². The maximum atomic E-state index is 5.90. The van der Waals surface area contributed by atoms with Gasteiger partial charge in [-0.3, -0.25) is 4.99 Å². The van der Waals surface area contributed by atoms with E-state index in [0.29, 0.717) is 0 Å². The van der Waals surface area contributed by atoms with Gasteiger partial charge in [0, 0.05) is 19.0 Å². The molecule has 1 aliphatic rings. The summed E-state index contributed by atoms with van der Waals surface area (Å²) in [4.78, 5) is 4.29. The molecule has 3 rings (SSSR count). The Labute approximate surface area is 155 Å². The summed E-state index contributed by atoms with van der Waals surface area (Å²) in [6.07, 6.45) is 5.40. The van der Waals surface area contributed by atoms with Gasteiger partial charge in [-0.25, -0.2) is 0 Å². The van der Waals surface area contributed by atoms with Gasteiger partial charge in [-0.2, -0.15) is 0 Å². The summed E-state index contributed by atoms with van der Waals surface area (Å²) >= 11 is 0. The summed E-state index contributed by atoms with van der Waals surface area (Å²) in [7, 11) is 1.81. The van der Waals surface area contributed by atoms with Crippen molar-refractivity contribution in [1.82, 2.24) is 10.6 Å². The third-order valence-corrected chi connectivity index (χ3v) is 4.23. The number of fused-ring (bicyclic) bond motifs is 1. The van der Waals surface area contributed by atoms with E-state index in [2.05, 4.69) is 34.7 Å². The zero-order valence-electron chi connectivity index (χ0n) is 13.8. The molecule has 1 aromatic heterocycles. The van der Waals surface area contributed by atoms with Crippen molar-refractivity contribution < 1.29 is 4.42 Å². The number of halogens is 1. The van der Waals surface area contributed by atoms with Crippen LogP contribution in [0.4, 0.5) is 0 Å². The van der Waals surface area contributed by atoms with E-state index in [1.807, 2.05) is 25.2 Å². The molecule has 1 atom stereocenters. The highest BCUT2D eigenvalue weighted by molar-refractivity contribution is 14.0. The standard InChI is InChI=1S/C18H25N3O.HI/c1-13(17-12-15-7-3-4-8-16(15)22-17)21-18(19-2)20-11-5-6-14-9-10-14;/h3-4,7-8,12-14H,5-6,9-11H2,1-2H3,(H2,19,20,21);1H. The number of rotatable bonds is 6. The van der Waals surface area contributed by atoms with Crippen LogP contribution in [0.2, 0.25) is 0 Å². The van der Waals surface area contributed by atoms with Gasteiger partial charge >= 0.3 is 0 Å². The zero-order chi connectivity index (χ0) is 15.4. The van der Waals surface area contributed by atoms with E-state index in [-0.39, 0.29) is 30.0 Å². The van der Waals surface area contributed by atoms with Crippen LogP contribution in [-0.4, -0.2) is 19.6 Å². The molecule has 23 heavy (non-hydrogen) atoms. The van der Waals surface area contributed by atoms with E-state index >= 15 is 0 Å². The summed E-state index contributed by atoms with van der Waals surface area (Å²) in [6, 6.07) is 10.3. The minimum absolute atomic E-state index is 0. The number of hydrogen-bond acceptors (Lipinski definition) is 2. The van der Waals surface area contributed by atoms with Crippen LogP contribution in [0, 0.1) is 5.92 Å². The van der Waals surface area contributed by atoms with Gasteiger partial charge in [0.25, 0.3) is 0 Å². The van der Waals surface area contributed by atoms with E-state index in [9.17, 15) is 0 Å². The Morgan fingerprint density at radius 3 is 2.83 bits per heavy atom. The molecular weight excluding hydrogens is 401 g/mol. The molecule has 126 valence electrons. The number of nitrogens with zero attached hydrogens (tertiary/aromatic N) is 1. The van der Waals surface area contributed by atoms with Crippen LogP contribution in [0.5, 0.6) is 0 Å². The number of furan rings is 1. The molecular formula is C18H26IN3O. The van der Waals surface area contributed by atoms with Gasteiger partial charge in [-0.1, -0.05) is 31.0 Å². The lowest BCUT2D eigenvalue weighted by Crippen LogP contribution is -2.39. The molecule has 1 aromatic carbocycles. The molecule has 0 aliphatic heterocycles. The molecule has 0 bridgehead atoms. The number of guanidine groups is 1. The normalized spacial score (nSPS) is 16.0. The molecule has 0 amide bonds. The first-order valence-corrected chi connectivity index (χ1v) is 8.22. The second-order valence-corrected chi connectivity index (χ2v) is 6.14. The Morgan fingerprint density at radius 1 is 1.35 bits per heavy atom. The van der Waals surface area contributed by atoms with Crippen LogP contribution in [0.3, 0.4) is 0 Å². The van der Waals surface area contributed by atoms with Gasteiger partial charge in [-0.15, -0.1) is 24.0 Å². The van der Waals surface area contributed by atoms with Gasteiger partial charge in [-0.05, 0) is 37.8 Å². The van der Waals surface area contributed by atoms with Crippen LogP contribution in [0.25, 0.3) is 11.0 Å². The molecule has 1 heterocycles. The van der Waals surface area contributed by atoms with Gasteiger partial charge in [0.15, 0.2) is 5.96 Å². The molecule has 1 aliphatic carbocycles. The first-order valence-electron chi connectivity index (χ1n) is 8.22. The highest BCUT2D eigenvalue weighted by Gasteiger charge is 2.20. The predicted octanol–water partition coefficient (Wildman–Crippen LogP) is 4.47. The van der Waals surface area contributed by atoms with Gasteiger partial charge in [0.2, 0.25) is 0 Å². The summed E-state index contributed by atoms with van der Waals surface area (Å²) in [6.45, 7) is 3.07. The fraction of sp³-hybridized carbons (Fsp3) is 0.500. The first-order chi connectivity index (χ1) is 10.8. The van der Waals surface area contributed by atoms with Gasteiger partial charge < -0.3 is 15.1 Å². The Morgan fingerprint density at radius 2 is 2.13 bits per heavy atom. The Kier molecular flexibility index (Phi) is 6.74. The predicted molar refractivity (Wildman–Crippen MR) is 106 cm³/mol. The summed E-state index contributed by atoms with van der Waals surface area (Å²) in [5, 5.41) is 7.91. The van der Waals surface area contributed by atoms with E-state index < -0.39 is 0 Å². The monoisotopic (exact) mass is 427 g/mol. The maximum Gasteiger partial charge on any atom is 0.191 e. The number of aliphatic imine (C=N–C) groups is 1. The second-order valence-electron chi connectivity index (χ2n) is 6.14. The Hall–Kier alpha value is -1.24. The third-order valence-electron chi connectivity index (χ3n) is 4.23. The van der Waals surface area contributed by atoms with Gasteiger partial charge in [0.05, 0.1) is 6.04 Å². The Balaban J connectivity index is 0.00000192. The molecule has 1 fully saturated rings. The quantitative estimate of drug-likeness (QED) is 0.310. The van der Waals surface area contributed by atoms with Crippen molar-refractivity contribution in [3.05, 3.63) is 36.1 Å². The molecule has 5 heteroatoms. The average molecular weight is 427 g/mol. The van der Waals surface area contributed by atoms with Crippen molar-refractivity contribution in [2.24, 2.45) is 10.9 Å². The summed E-state index contributed by atoms with van der Waals surface area (Å²) in [5.41, 5.74) is 0.929. The lowest BCUT2D eigenvalue weighted by atomic mass is 10.2. The minimum atomic E-state index is 0. The van der Waals surface area contributed by atoms with Crippen LogP contribution in [0.1, 0.15) is 44.4 Å². The molecule has 2 N–H and O–H groups in total. The maximum absolute atomic E-state index is 5.90. The molecule has 4 nitrogen and oxygen atoms in total. The van der Waals surface area contributed by atoms with Crippen molar-refractivity contribution in [3.8, 4) is 0 Å². The summed E-state index contributed by atoms with van der Waals surface area (Å²) in [5.74, 6) is 2.76. The molecule has 2 aromatic rings. The van der Waals surface area contributed by atoms with E-state index in [0.717, 1.165) is 35.2 Å². The van der Waals surface area contributed by atoms with E-state index in [4.69, 9.17) is 4.42 Å². The topological polar surface area (TPSA) is 49.6 Å². The lowest BCUT2D eigenvalue weighted by molar-refractivity contribution is 0.488. The lowest BCUT2D eigenvalue weighted by Gasteiger charge is -2.16. The van der Waals surface area contributed by atoms with Crippen molar-refractivity contribution >= 4 is 40.9 Å². The highest BCUT2D eigenvalue weighted by atomic mass is 127. The molecule has 0 spiro atoms. The average Bonchev–Trinajstić information content (AvgIpc) is 3.25. The zero-order valence-corrected chi connectivity index (χ0v) is 16.2. The number of benzene rings is 1. The van der Waals surface area contributed by atoms with Gasteiger partial charge in [0.1, 0.15) is 11.3 Å². The fourth-order valence-corrected chi connectivity index (χ4v) is 2.69. The highest BCUT2D eigenvalue weighted by Crippen LogP contribution is 2.33. The van der Waals surface area contributed by atoms with Crippen molar-refractivity contribution in [1.29, 1.82) is 0 Å².